The van der Waals surface area contributed by atoms with Crippen molar-refractivity contribution in [2.75, 3.05) is 6.61 Å². The Kier molecular flexibility index (Phi) is 12.4. The molecule has 5 atom stereocenters. The summed E-state index contributed by atoms with van der Waals surface area (Å²) in [7, 11) is 0. The molecule has 0 saturated carbocycles. The minimum absolute atomic E-state index is 0.0529. The largest absolute Gasteiger partial charge is 0.508 e. The maximum Gasteiger partial charge on any atom is 0.311 e. The molecule has 14 heteroatoms. The van der Waals surface area contributed by atoms with Crippen molar-refractivity contribution in [1.82, 2.24) is 15.2 Å². The number of aromatic hydroxyl groups is 1. The lowest BCUT2D eigenvalue weighted by atomic mass is 9.93. The molecule has 3 heterocycles. The van der Waals surface area contributed by atoms with Crippen LogP contribution in [0.15, 0.2) is 36.5 Å². The summed E-state index contributed by atoms with van der Waals surface area (Å²) >= 11 is 0. The minimum atomic E-state index is -1.52. The number of nitrogens with one attached hydrogen (secondary N) is 1. The van der Waals surface area contributed by atoms with Crippen LogP contribution in [0.2, 0.25) is 0 Å². The highest BCUT2D eigenvalue weighted by molar-refractivity contribution is 5.84. The maximum absolute atomic E-state index is 13.6. The normalized spacial score (nSPS) is 20.9. The second-order valence-electron chi connectivity index (χ2n) is 17.8. The summed E-state index contributed by atoms with van der Waals surface area (Å²) in [6.45, 7) is 19.5. The summed E-state index contributed by atoms with van der Waals surface area (Å²) in [5.41, 5.74) is -1.73. The van der Waals surface area contributed by atoms with Crippen LogP contribution in [-0.4, -0.2) is 81.5 Å². The number of H-pyrrole nitrogens is 1. The minimum Gasteiger partial charge on any atom is -0.508 e. The highest BCUT2D eigenvalue weighted by Crippen LogP contribution is 2.36. The number of aromatic nitrogens is 3. The monoisotopic (exact) mass is 753 g/mol. The van der Waals surface area contributed by atoms with E-state index in [2.05, 4.69) is 15.2 Å². The van der Waals surface area contributed by atoms with Crippen molar-refractivity contribution < 1.29 is 52.7 Å². The zero-order valence-corrected chi connectivity index (χ0v) is 33.4. The molecule has 0 aliphatic carbocycles. The Hall–Kier alpha value is -4.72. The van der Waals surface area contributed by atoms with Crippen LogP contribution in [0.4, 0.5) is 0 Å². The lowest BCUT2D eigenvalue weighted by molar-refractivity contribution is -0.294. The number of esters is 4. The number of phenols is 1. The number of ether oxygens (including phenoxy) is 6. The Balaban J connectivity index is 1.84. The molecule has 4 rings (SSSR count). The maximum atomic E-state index is 13.6. The van der Waals surface area contributed by atoms with Crippen LogP contribution in [0.25, 0.3) is 11.0 Å². The third kappa shape index (κ3) is 10.5. The van der Waals surface area contributed by atoms with Crippen LogP contribution in [0.3, 0.4) is 0 Å². The van der Waals surface area contributed by atoms with Gasteiger partial charge in [-0.15, -0.1) is 5.10 Å². The van der Waals surface area contributed by atoms with Gasteiger partial charge in [0.15, 0.2) is 17.9 Å². The summed E-state index contributed by atoms with van der Waals surface area (Å²) < 4.78 is 36.9. The molecule has 0 bridgehead atoms. The molecule has 3 aromatic rings. The fraction of sp³-hybridized carbons (Fsp3) is 0.600. The van der Waals surface area contributed by atoms with Crippen molar-refractivity contribution in [3.05, 3.63) is 47.7 Å². The summed E-state index contributed by atoms with van der Waals surface area (Å²) in [5.74, 6) is -2.36. The van der Waals surface area contributed by atoms with Gasteiger partial charge < -0.3 is 33.5 Å². The number of pyridine rings is 1. The molecule has 1 unspecified atom stereocenters. The number of carbonyl (C=O) groups excluding carboxylic acids is 4. The Bertz CT molecular complexity index is 1810. The van der Waals surface area contributed by atoms with Crippen molar-refractivity contribution in [2.45, 2.75) is 127 Å². The second-order valence-corrected chi connectivity index (χ2v) is 17.8. The highest BCUT2D eigenvalue weighted by atomic mass is 16.7. The van der Waals surface area contributed by atoms with E-state index in [1.54, 1.807) is 101 Å². The number of aromatic amines is 1. The van der Waals surface area contributed by atoms with E-state index >= 15 is 0 Å². The Labute approximate surface area is 316 Å². The first-order chi connectivity index (χ1) is 24.9. The molecule has 2 N–H and O–H groups in total. The first-order valence-corrected chi connectivity index (χ1v) is 18.1. The molecule has 296 valence electrons. The van der Waals surface area contributed by atoms with E-state index in [1.165, 1.54) is 0 Å². The van der Waals surface area contributed by atoms with Crippen LogP contribution in [0, 0.1) is 21.7 Å². The molecule has 54 heavy (non-hydrogen) atoms. The van der Waals surface area contributed by atoms with Gasteiger partial charge in [-0.1, -0.05) is 12.1 Å². The van der Waals surface area contributed by atoms with Crippen molar-refractivity contribution in [1.29, 1.82) is 0 Å². The van der Waals surface area contributed by atoms with E-state index in [0.29, 0.717) is 23.9 Å². The quantitative estimate of drug-likeness (QED) is 0.181. The van der Waals surface area contributed by atoms with Gasteiger partial charge in [0.25, 0.3) is 0 Å². The predicted octanol–water partition coefficient (Wildman–Crippen LogP) is 6.02. The van der Waals surface area contributed by atoms with E-state index in [0.717, 1.165) is 11.1 Å². The highest BCUT2D eigenvalue weighted by Gasteiger charge is 2.56. The topological polar surface area (TPSA) is 185 Å². The number of fused-ring (bicyclic) bond motifs is 1. The van der Waals surface area contributed by atoms with Gasteiger partial charge in [-0.3, -0.25) is 24.3 Å². The fourth-order valence-electron chi connectivity index (χ4n) is 5.11. The summed E-state index contributed by atoms with van der Waals surface area (Å²) in [5, 5.41) is 17.5. The Morgan fingerprint density at radius 1 is 0.704 bits per heavy atom. The molecule has 1 saturated heterocycles. The smallest absolute Gasteiger partial charge is 0.311 e. The van der Waals surface area contributed by atoms with Crippen molar-refractivity contribution in [2.24, 2.45) is 21.7 Å². The molecular formula is C40H55N3O11. The van der Waals surface area contributed by atoms with Gasteiger partial charge in [0.05, 0.1) is 27.0 Å². The number of nitrogens with zero attached hydrogens (tertiary/aromatic N) is 2. The average molecular weight is 754 g/mol. The van der Waals surface area contributed by atoms with Crippen LogP contribution in [0.1, 0.15) is 94.2 Å². The SMILES string of the molecule is CC(C)(C)C(=O)OC[C@H]1OC(Oc2n[nH]c3nccc(CCc4ccc(O)cc4)c23)[C@H](OC(=O)C(C)(C)C)[C@@H](OC(=O)C(C)(C)C)[C@@H]1OC(=O)C(C)(C)C. The molecule has 0 spiro atoms. The van der Waals surface area contributed by atoms with Gasteiger partial charge >= 0.3 is 23.9 Å². The van der Waals surface area contributed by atoms with Crippen LogP contribution in [0.5, 0.6) is 11.6 Å². The molecule has 0 radical (unpaired) electrons. The predicted molar refractivity (Wildman–Crippen MR) is 197 cm³/mol. The van der Waals surface area contributed by atoms with Gasteiger partial charge in [-0.2, -0.15) is 0 Å². The van der Waals surface area contributed by atoms with Crippen LogP contribution in [-0.2, 0) is 55.7 Å². The molecule has 1 fully saturated rings. The van der Waals surface area contributed by atoms with Crippen molar-refractivity contribution in [3.8, 4) is 11.6 Å². The Morgan fingerprint density at radius 2 is 1.22 bits per heavy atom. The average Bonchev–Trinajstić information content (AvgIpc) is 3.47. The van der Waals surface area contributed by atoms with Gasteiger partial charge in [0.1, 0.15) is 18.5 Å². The summed E-state index contributed by atoms with van der Waals surface area (Å²) in [6, 6.07) is 8.73. The van der Waals surface area contributed by atoms with Crippen molar-refractivity contribution >= 4 is 34.9 Å². The first kappa shape index (κ1) is 42.0. The van der Waals surface area contributed by atoms with E-state index in [4.69, 9.17) is 28.4 Å². The number of benzene rings is 1. The number of aryl methyl sites for hydroxylation is 2. The summed E-state index contributed by atoms with van der Waals surface area (Å²) in [6.07, 6.45) is -4.38. The third-order valence-electron chi connectivity index (χ3n) is 8.51. The number of hydrogen-bond acceptors (Lipinski definition) is 13. The van der Waals surface area contributed by atoms with Crippen LogP contribution < -0.4 is 4.74 Å². The van der Waals surface area contributed by atoms with Gasteiger partial charge in [0, 0.05) is 6.20 Å². The van der Waals surface area contributed by atoms with Crippen LogP contribution >= 0.6 is 0 Å². The molecule has 1 aliphatic rings. The number of rotatable bonds is 10. The zero-order chi connectivity index (χ0) is 40.4. The van der Waals surface area contributed by atoms with Gasteiger partial charge in [-0.25, -0.2) is 4.98 Å². The van der Waals surface area contributed by atoms with E-state index in [-0.39, 0.29) is 11.6 Å². The van der Waals surface area contributed by atoms with E-state index < -0.39 is 82.8 Å². The molecule has 1 aliphatic heterocycles. The number of carbonyl (C=O) groups is 4. The molecular weight excluding hydrogens is 698 g/mol. The zero-order valence-electron chi connectivity index (χ0n) is 33.4. The van der Waals surface area contributed by atoms with E-state index in [1.807, 2.05) is 18.2 Å². The Morgan fingerprint density at radius 3 is 1.76 bits per heavy atom. The first-order valence-electron chi connectivity index (χ1n) is 18.1. The fourth-order valence-corrected chi connectivity index (χ4v) is 5.11. The van der Waals surface area contributed by atoms with Gasteiger partial charge in [0.2, 0.25) is 18.3 Å². The summed E-state index contributed by atoms with van der Waals surface area (Å²) in [4.78, 5) is 58.2. The molecule has 2 aromatic heterocycles. The van der Waals surface area contributed by atoms with Crippen molar-refractivity contribution in [3.63, 3.8) is 0 Å². The number of phenolic OH excluding ortho intramolecular Hbond substituents is 1. The second kappa shape index (κ2) is 15.9. The molecule has 14 nitrogen and oxygen atoms in total. The van der Waals surface area contributed by atoms with E-state index in [9.17, 15) is 24.3 Å². The molecule has 0 amide bonds. The standard InChI is InChI=1S/C40H55N3O11/c1-37(2,3)33(45)49-21-25-27(51-34(46)38(4,5)6)28(52-35(47)39(7,8)9)29(53-36(48)40(10,11)12)32(50-25)54-31-26-23(19-20-41-30(26)42-43-31)16-13-22-14-17-24(44)18-15-22/h14-15,17-20,25,27-29,32,44H,13,16,21H2,1-12H3,(H,41,42,43)/t25-,27-,28+,29-,32?/m1/s1. The lowest BCUT2D eigenvalue weighted by Gasteiger charge is -2.45. The van der Waals surface area contributed by atoms with Gasteiger partial charge in [-0.05, 0) is 125 Å². The lowest BCUT2D eigenvalue weighted by Crippen LogP contribution is -2.65. The molecule has 1 aromatic carbocycles. The third-order valence-corrected chi connectivity index (χ3v) is 8.51. The number of hydrogen-bond donors (Lipinski definition) is 2.